The molecule has 4 atom stereocenters. The lowest BCUT2D eigenvalue weighted by Crippen LogP contribution is -2.48. The van der Waals surface area contributed by atoms with Gasteiger partial charge in [0, 0.05) is 0 Å². The minimum Gasteiger partial charge on any atom is -0.379 e. The highest BCUT2D eigenvalue weighted by molar-refractivity contribution is 7.87. The largest absolute Gasteiger partial charge is 0.379 e. The molecule has 32 heavy (non-hydrogen) atoms. The van der Waals surface area contributed by atoms with Crippen molar-refractivity contribution in [3.63, 3.8) is 0 Å². The third-order valence-electron chi connectivity index (χ3n) is 3.99. The molecule has 2 saturated heterocycles. The summed E-state index contributed by atoms with van der Waals surface area (Å²) in [6.07, 6.45) is -8.12. The van der Waals surface area contributed by atoms with Gasteiger partial charge in [-0.2, -0.15) is 16.8 Å². The minimum absolute atomic E-state index is 0.452. The molecule has 20 heteroatoms. The molecule has 2 aliphatic heterocycles. The minimum atomic E-state index is -5.06. The molecule has 0 spiro atoms. The van der Waals surface area contributed by atoms with Crippen molar-refractivity contribution in [1.82, 2.24) is 10.1 Å². The Labute approximate surface area is 176 Å². The monoisotopic (exact) mass is 504 g/mol. The van der Waals surface area contributed by atoms with E-state index in [1.54, 1.807) is 0 Å². The number of hydroxylamine groups is 4. The van der Waals surface area contributed by atoms with Crippen LogP contribution in [0.1, 0.15) is 12.8 Å². The summed E-state index contributed by atoms with van der Waals surface area (Å²) in [5.74, 6) is -10.5. The average Bonchev–Trinajstić information content (AvgIpc) is 3.11. The Morgan fingerprint density at radius 2 is 1.03 bits per heavy atom. The fourth-order valence-electron chi connectivity index (χ4n) is 2.37. The van der Waals surface area contributed by atoms with Gasteiger partial charge in [-0.15, -0.1) is 10.1 Å². The van der Waals surface area contributed by atoms with Crippen molar-refractivity contribution in [3.05, 3.63) is 0 Å². The molecule has 0 bridgehead atoms. The van der Waals surface area contributed by atoms with Gasteiger partial charge >= 0.3 is 11.9 Å². The predicted octanol–water partition coefficient (Wildman–Crippen LogP) is -5.34. The molecule has 0 aromatic rings. The van der Waals surface area contributed by atoms with Gasteiger partial charge in [0.15, 0.2) is 22.7 Å². The Hall–Kier alpha value is -3.04. The van der Waals surface area contributed by atoms with Crippen LogP contribution in [0.5, 0.6) is 0 Å². The first-order valence-electron chi connectivity index (χ1n) is 7.92. The lowest BCUT2D eigenvalue weighted by Gasteiger charge is -2.20. The highest BCUT2D eigenvalue weighted by atomic mass is 32.2. The Morgan fingerprint density at radius 1 is 0.750 bits per heavy atom. The van der Waals surface area contributed by atoms with Crippen LogP contribution in [0.15, 0.2) is 0 Å². The molecule has 4 N–H and O–H groups in total. The zero-order chi connectivity index (χ0) is 24.8. The maximum atomic E-state index is 11.8. The Morgan fingerprint density at radius 3 is 1.25 bits per heavy atom. The van der Waals surface area contributed by atoms with Gasteiger partial charge in [-0.3, -0.25) is 28.3 Å². The summed E-state index contributed by atoms with van der Waals surface area (Å²) in [6, 6.07) is 0. The molecular weight excluding hydrogens is 492 g/mol. The highest BCUT2D eigenvalue weighted by Crippen LogP contribution is 2.22. The van der Waals surface area contributed by atoms with E-state index in [9.17, 15) is 55.8 Å². The highest BCUT2D eigenvalue weighted by Gasteiger charge is 2.51. The molecule has 4 amide bonds. The van der Waals surface area contributed by atoms with Gasteiger partial charge in [-0.25, -0.2) is 9.59 Å². The topological polar surface area (TPSA) is 277 Å². The summed E-state index contributed by atoms with van der Waals surface area (Å²) in [5, 5.41) is 13.8. The fourth-order valence-corrected chi connectivity index (χ4v) is 3.78. The summed E-state index contributed by atoms with van der Waals surface area (Å²) in [4.78, 5) is 78.4. The lowest BCUT2D eigenvalue weighted by molar-refractivity contribution is -0.216. The SMILES string of the molecule is O=C(ON1C(=O)C[C@@H](S(=O)(=O)O)C1=O)[C@H](O)[C@@H](O)C(=O)ON1C(=O)C[C@H](S(=O)(=O)O)C1=O. The fraction of sp³-hybridized carbons (Fsp3) is 0.500. The summed E-state index contributed by atoms with van der Waals surface area (Å²) in [7, 11) is -10.1. The van der Waals surface area contributed by atoms with Crippen molar-refractivity contribution in [2.45, 2.75) is 35.5 Å². The normalized spacial score (nSPS) is 24.0. The lowest BCUT2D eigenvalue weighted by atomic mass is 10.2. The molecule has 2 fully saturated rings. The third-order valence-corrected chi connectivity index (χ3v) is 6.16. The molecule has 0 aromatic heterocycles. The summed E-state index contributed by atoms with van der Waals surface area (Å²) < 4.78 is 61.7. The molecule has 0 unspecified atom stereocenters. The van der Waals surface area contributed by atoms with Crippen LogP contribution < -0.4 is 0 Å². The number of hydrogen-bond acceptors (Lipinski definition) is 14. The molecule has 0 aliphatic carbocycles. The van der Waals surface area contributed by atoms with E-state index in [1.165, 1.54) is 0 Å². The van der Waals surface area contributed by atoms with Crippen LogP contribution >= 0.6 is 0 Å². The van der Waals surface area contributed by atoms with Gasteiger partial charge in [0.2, 0.25) is 0 Å². The van der Waals surface area contributed by atoms with Gasteiger partial charge in [0.25, 0.3) is 43.9 Å². The van der Waals surface area contributed by atoms with Crippen molar-refractivity contribution >= 4 is 55.8 Å². The standard InChI is InChI=1S/C12H12N2O16S2/c15-5-1-3(31(23,24)25)9(19)13(5)29-11(21)7(17)8(18)12(22)30-14-6(16)2-4(10(14)20)32(26,27)28/h3-4,7-8,17-18H,1-2H2,(H,23,24,25)(H,26,27,28)/t3-,4+,7-,8-/m1/s1. The predicted molar refractivity (Wildman–Crippen MR) is 87.8 cm³/mol. The van der Waals surface area contributed by atoms with Crippen LogP contribution in [0.3, 0.4) is 0 Å². The van der Waals surface area contributed by atoms with Crippen LogP contribution in [0.25, 0.3) is 0 Å². The second-order valence-corrected chi connectivity index (χ2v) is 9.38. The van der Waals surface area contributed by atoms with Crippen molar-refractivity contribution in [2.75, 3.05) is 0 Å². The molecule has 0 aromatic carbocycles. The molecular formula is C12H12N2O16S2. The first-order valence-corrected chi connectivity index (χ1v) is 10.9. The first-order chi connectivity index (χ1) is 14.5. The average molecular weight is 504 g/mol. The number of rotatable bonds is 7. The molecule has 178 valence electrons. The Balaban J connectivity index is 2.05. The molecule has 18 nitrogen and oxygen atoms in total. The molecule has 0 saturated carbocycles. The number of carbonyl (C=O) groups is 6. The van der Waals surface area contributed by atoms with Crippen LogP contribution in [0.4, 0.5) is 0 Å². The molecule has 2 aliphatic rings. The van der Waals surface area contributed by atoms with Gasteiger partial charge in [-0.1, -0.05) is 0 Å². The summed E-state index contributed by atoms with van der Waals surface area (Å²) >= 11 is 0. The number of nitrogens with zero attached hydrogens (tertiary/aromatic N) is 2. The molecule has 2 rings (SSSR count). The second-order valence-electron chi connectivity index (χ2n) is 6.18. The van der Waals surface area contributed by atoms with Crippen LogP contribution in [0, 0.1) is 0 Å². The second kappa shape index (κ2) is 8.48. The van der Waals surface area contributed by atoms with Crippen LogP contribution in [0.2, 0.25) is 0 Å². The number of carbonyl (C=O) groups excluding carboxylic acids is 6. The number of amides is 4. The van der Waals surface area contributed by atoms with E-state index in [-0.39, 0.29) is 0 Å². The van der Waals surface area contributed by atoms with E-state index < -0.39 is 101 Å². The van der Waals surface area contributed by atoms with Crippen LogP contribution in [-0.2, 0) is 58.7 Å². The number of aliphatic hydroxyl groups excluding tert-OH is 2. The number of imide groups is 2. The summed E-state index contributed by atoms with van der Waals surface area (Å²) in [6.45, 7) is 0. The van der Waals surface area contributed by atoms with E-state index in [4.69, 9.17) is 9.11 Å². The van der Waals surface area contributed by atoms with Crippen LogP contribution in [-0.4, -0.2) is 105 Å². The molecule has 2 heterocycles. The van der Waals surface area contributed by atoms with Crippen molar-refractivity contribution in [1.29, 1.82) is 0 Å². The maximum Gasteiger partial charge on any atom is 0.364 e. The quantitative estimate of drug-likeness (QED) is 0.186. The smallest absolute Gasteiger partial charge is 0.364 e. The first kappa shape index (κ1) is 25.2. The zero-order valence-corrected chi connectivity index (χ0v) is 16.8. The van der Waals surface area contributed by atoms with E-state index in [2.05, 4.69) is 9.68 Å². The third kappa shape index (κ3) is 4.89. The van der Waals surface area contributed by atoms with Crippen molar-refractivity contribution in [3.8, 4) is 0 Å². The van der Waals surface area contributed by atoms with E-state index >= 15 is 0 Å². The molecule has 0 radical (unpaired) electrons. The van der Waals surface area contributed by atoms with Crippen molar-refractivity contribution in [2.24, 2.45) is 0 Å². The summed E-state index contributed by atoms with van der Waals surface area (Å²) in [5.41, 5.74) is 0. The number of hydrogen-bond donors (Lipinski definition) is 4. The maximum absolute atomic E-state index is 11.8. The zero-order valence-electron chi connectivity index (χ0n) is 15.1. The van der Waals surface area contributed by atoms with E-state index in [0.717, 1.165) is 0 Å². The van der Waals surface area contributed by atoms with E-state index in [1.807, 2.05) is 0 Å². The van der Waals surface area contributed by atoms with E-state index in [0.29, 0.717) is 0 Å². The Kier molecular flexibility index (Phi) is 6.68. The Bertz CT molecular complexity index is 1020. The van der Waals surface area contributed by atoms with Gasteiger partial charge in [-0.05, 0) is 0 Å². The van der Waals surface area contributed by atoms with Gasteiger partial charge in [0.05, 0.1) is 12.8 Å². The number of aliphatic hydroxyl groups is 2. The van der Waals surface area contributed by atoms with Crippen molar-refractivity contribution < 1.29 is 74.6 Å². The van der Waals surface area contributed by atoms with Gasteiger partial charge in [0.1, 0.15) is 0 Å². The van der Waals surface area contributed by atoms with Gasteiger partial charge < -0.3 is 19.9 Å².